The summed E-state index contributed by atoms with van der Waals surface area (Å²) in [4.78, 5) is 34.1. The summed E-state index contributed by atoms with van der Waals surface area (Å²) < 4.78 is 0. The zero-order valence-corrected chi connectivity index (χ0v) is 10.7. The van der Waals surface area contributed by atoms with Crippen molar-refractivity contribution < 1.29 is 24.6 Å². The van der Waals surface area contributed by atoms with Gasteiger partial charge in [-0.3, -0.25) is 14.4 Å². The van der Waals surface area contributed by atoms with Crippen molar-refractivity contribution in [2.45, 2.75) is 45.4 Å². The summed E-state index contributed by atoms with van der Waals surface area (Å²) in [7, 11) is 0. The van der Waals surface area contributed by atoms with Crippen LogP contribution in [0.25, 0.3) is 0 Å². The summed E-state index contributed by atoms with van der Waals surface area (Å²) in [5.74, 6) is -2.14. The molecular formula is C12H21NO5. The zero-order chi connectivity index (χ0) is 14.0. The van der Waals surface area contributed by atoms with Crippen LogP contribution in [0.5, 0.6) is 0 Å². The number of rotatable bonds is 10. The number of hydrogen-bond donors (Lipinski definition) is 2. The van der Waals surface area contributed by atoms with Gasteiger partial charge in [0.05, 0.1) is 12.8 Å². The van der Waals surface area contributed by atoms with Gasteiger partial charge in [0, 0.05) is 19.5 Å². The van der Waals surface area contributed by atoms with Crippen molar-refractivity contribution in [1.29, 1.82) is 0 Å². The highest BCUT2D eigenvalue weighted by molar-refractivity contribution is 5.77. The molecule has 0 rings (SSSR count). The second-order valence-electron chi connectivity index (χ2n) is 4.13. The topological polar surface area (TPSA) is 94.9 Å². The highest BCUT2D eigenvalue weighted by Gasteiger charge is 2.15. The van der Waals surface area contributed by atoms with Gasteiger partial charge in [0.25, 0.3) is 0 Å². The van der Waals surface area contributed by atoms with Crippen molar-refractivity contribution in [3.8, 4) is 0 Å². The number of carboxylic acid groups (broad SMARTS) is 2. The maximum Gasteiger partial charge on any atom is 0.305 e. The molecule has 6 heteroatoms. The van der Waals surface area contributed by atoms with Crippen molar-refractivity contribution >= 4 is 17.8 Å². The Morgan fingerprint density at radius 2 is 1.39 bits per heavy atom. The number of unbranched alkanes of at least 4 members (excludes halogenated alkanes) is 2. The van der Waals surface area contributed by atoms with Crippen LogP contribution in [0.3, 0.4) is 0 Å². The fourth-order valence-corrected chi connectivity index (χ4v) is 1.51. The average molecular weight is 259 g/mol. The molecule has 0 aliphatic heterocycles. The molecule has 0 unspecified atom stereocenters. The van der Waals surface area contributed by atoms with Crippen molar-refractivity contribution in [3.63, 3.8) is 0 Å². The summed E-state index contributed by atoms with van der Waals surface area (Å²) in [6, 6.07) is 0. The Morgan fingerprint density at radius 3 is 1.78 bits per heavy atom. The van der Waals surface area contributed by atoms with E-state index in [-0.39, 0.29) is 31.8 Å². The first-order valence-corrected chi connectivity index (χ1v) is 6.18. The van der Waals surface area contributed by atoms with Crippen molar-refractivity contribution in [2.24, 2.45) is 0 Å². The van der Waals surface area contributed by atoms with Crippen LogP contribution in [0.1, 0.15) is 45.4 Å². The molecule has 18 heavy (non-hydrogen) atoms. The van der Waals surface area contributed by atoms with Gasteiger partial charge in [-0.25, -0.2) is 0 Å². The van der Waals surface area contributed by atoms with Crippen molar-refractivity contribution in [1.82, 2.24) is 4.90 Å². The van der Waals surface area contributed by atoms with Crippen LogP contribution in [-0.2, 0) is 14.4 Å². The van der Waals surface area contributed by atoms with E-state index < -0.39 is 11.9 Å². The van der Waals surface area contributed by atoms with Crippen molar-refractivity contribution in [2.75, 3.05) is 13.1 Å². The van der Waals surface area contributed by atoms with E-state index in [1.807, 2.05) is 6.92 Å². The lowest BCUT2D eigenvalue weighted by Crippen LogP contribution is -2.34. The second-order valence-corrected chi connectivity index (χ2v) is 4.13. The third kappa shape index (κ3) is 8.55. The standard InChI is InChI=1S/C12H21NO5/c1-2-3-4-5-10(14)13(8-6-11(15)16)9-7-12(17)18/h2-9H2,1H3,(H,15,16)(H,17,18). The minimum Gasteiger partial charge on any atom is -0.481 e. The molecule has 0 bridgehead atoms. The quantitative estimate of drug-likeness (QED) is 0.577. The molecule has 1 amide bonds. The monoisotopic (exact) mass is 259 g/mol. The van der Waals surface area contributed by atoms with Crippen LogP contribution in [0.15, 0.2) is 0 Å². The second kappa shape index (κ2) is 9.44. The highest BCUT2D eigenvalue weighted by Crippen LogP contribution is 2.05. The maximum absolute atomic E-state index is 11.8. The fourth-order valence-electron chi connectivity index (χ4n) is 1.51. The van der Waals surface area contributed by atoms with Crippen molar-refractivity contribution in [3.05, 3.63) is 0 Å². The summed E-state index contributed by atoms with van der Waals surface area (Å²) >= 11 is 0. The molecule has 2 N–H and O–H groups in total. The molecule has 0 heterocycles. The molecule has 0 aliphatic rings. The molecule has 0 spiro atoms. The number of carbonyl (C=O) groups excluding carboxylic acids is 1. The fraction of sp³-hybridized carbons (Fsp3) is 0.750. The summed E-state index contributed by atoms with van der Waals surface area (Å²) in [5, 5.41) is 17.2. The predicted octanol–water partition coefficient (Wildman–Crippen LogP) is 1.34. The molecular weight excluding hydrogens is 238 g/mol. The first-order valence-electron chi connectivity index (χ1n) is 6.18. The lowest BCUT2D eigenvalue weighted by Gasteiger charge is -2.21. The first kappa shape index (κ1) is 16.4. The Labute approximate surface area is 107 Å². The Bertz CT molecular complexity index is 272. The van der Waals surface area contributed by atoms with E-state index in [1.54, 1.807) is 0 Å². The van der Waals surface area contributed by atoms with Gasteiger partial charge >= 0.3 is 11.9 Å². The summed E-state index contributed by atoms with van der Waals surface area (Å²) in [6.45, 7) is 2.18. The number of hydrogen-bond acceptors (Lipinski definition) is 3. The molecule has 0 aromatic heterocycles. The van der Waals surface area contributed by atoms with Gasteiger partial charge in [0.2, 0.25) is 5.91 Å². The summed E-state index contributed by atoms with van der Waals surface area (Å²) in [5.41, 5.74) is 0. The third-order valence-corrected chi connectivity index (χ3v) is 2.54. The largest absolute Gasteiger partial charge is 0.481 e. The number of nitrogens with zero attached hydrogens (tertiary/aromatic N) is 1. The van der Waals surface area contributed by atoms with E-state index in [1.165, 1.54) is 4.90 Å². The Morgan fingerprint density at radius 1 is 0.889 bits per heavy atom. The molecule has 0 aromatic rings. The first-order chi connectivity index (χ1) is 8.47. The molecule has 0 saturated heterocycles. The number of carboxylic acids is 2. The Balaban J connectivity index is 4.19. The van der Waals surface area contributed by atoms with E-state index in [0.717, 1.165) is 19.3 Å². The molecule has 6 nitrogen and oxygen atoms in total. The Kier molecular flexibility index (Phi) is 8.61. The van der Waals surface area contributed by atoms with Crippen LogP contribution in [0, 0.1) is 0 Å². The van der Waals surface area contributed by atoms with Gasteiger partial charge < -0.3 is 15.1 Å². The van der Waals surface area contributed by atoms with Gasteiger partial charge in [-0.05, 0) is 6.42 Å². The lowest BCUT2D eigenvalue weighted by molar-refractivity contribution is -0.139. The normalized spacial score (nSPS) is 10.1. The minimum absolute atomic E-state index is 0.0770. The molecule has 0 radical (unpaired) electrons. The van der Waals surface area contributed by atoms with E-state index in [9.17, 15) is 14.4 Å². The SMILES string of the molecule is CCCCCC(=O)N(CCC(=O)O)CCC(=O)O. The zero-order valence-electron chi connectivity index (χ0n) is 10.7. The highest BCUT2D eigenvalue weighted by atomic mass is 16.4. The van der Waals surface area contributed by atoms with Crippen LogP contribution >= 0.6 is 0 Å². The van der Waals surface area contributed by atoms with E-state index in [0.29, 0.717) is 6.42 Å². The smallest absolute Gasteiger partial charge is 0.305 e. The third-order valence-electron chi connectivity index (χ3n) is 2.54. The van der Waals surface area contributed by atoms with E-state index in [4.69, 9.17) is 10.2 Å². The molecule has 0 saturated carbocycles. The predicted molar refractivity (Wildman–Crippen MR) is 65.2 cm³/mol. The maximum atomic E-state index is 11.8. The average Bonchev–Trinajstić information content (AvgIpc) is 2.28. The number of carbonyl (C=O) groups is 3. The Hall–Kier alpha value is -1.59. The van der Waals surface area contributed by atoms with E-state index in [2.05, 4.69) is 0 Å². The van der Waals surface area contributed by atoms with Gasteiger partial charge in [-0.15, -0.1) is 0 Å². The van der Waals surface area contributed by atoms with Crippen LogP contribution in [-0.4, -0.2) is 46.0 Å². The molecule has 0 atom stereocenters. The minimum atomic E-state index is -0.989. The van der Waals surface area contributed by atoms with Crippen LogP contribution in [0.2, 0.25) is 0 Å². The van der Waals surface area contributed by atoms with Crippen LogP contribution in [0.4, 0.5) is 0 Å². The summed E-state index contributed by atoms with van der Waals surface area (Å²) in [6.07, 6.45) is 2.74. The number of amides is 1. The van der Waals surface area contributed by atoms with Gasteiger partial charge in [-0.2, -0.15) is 0 Å². The molecule has 0 aliphatic carbocycles. The van der Waals surface area contributed by atoms with E-state index >= 15 is 0 Å². The molecule has 0 aromatic carbocycles. The van der Waals surface area contributed by atoms with Gasteiger partial charge in [0.15, 0.2) is 0 Å². The van der Waals surface area contributed by atoms with Gasteiger partial charge in [-0.1, -0.05) is 19.8 Å². The molecule has 0 fully saturated rings. The number of aliphatic carboxylic acids is 2. The van der Waals surface area contributed by atoms with Gasteiger partial charge in [0.1, 0.15) is 0 Å². The molecule has 104 valence electrons. The van der Waals surface area contributed by atoms with Crippen LogP contribution < -0.4 is 0 Å². The lowest BCUT2D eigenvalue weighted by atomic mass is 10.2.